The zero-order chi connectivity index (χ0) is 11.7. The van der Waals surface area contributed by atoms with Gasteiger partial charge in [0.25, 0.3) is 0 Å². The van der Waals surface area contributed by atoms with E-state index in [-0.39, 0.29) is 0 Å². The second-order valence-corrected chi connectivity index (χ2v) is 12.6. The maximum atomic E-state index is 6.49. The topological polar surface area (TPSA) is 9.23 Å². The largest absolute Gasteiger partial charge is 0.413 e. The maximum Gasteiger partial charge on any atom is 0.192 e. The standard InChI is InChI=1S/C12H25IOSi/c1-12(2,3)15(4,5)14-11-9-7-6-8-10(11)13/h10-11H,6-9H2,1-5H3/t10-,11+/m1/s1. The van der Waals surface area contributed by atoms with Crippen LogP contribution in [0.4, 0.5) is 0 Å². The summed E-state index contributed by atoms with van der Waals surface area (Å²) in [5, 5.41) is 0.348. The first-order chi connectivity index (χ1) is 6.74. The van der Waals surface area contributed by atoms with E-state index in [1.54, 1.807) is 0 Å². The van der Waals surface area contributed by atoms with Crippen LogP contribution in [0.15, 0.2) is 0 Å². The lowest BCUT2D eigenvalue weighted by Gasteiger charge is -2.41. The van der Waals surface area contributed by atoms with E-state index < -0.39 is 8.32 Å². The molecule has 0 radical (unpaired) electrons. The highest BCUT2D eigenvalue weighted by Gasteiger charge is 2.40. The Bertz CT molecular complexity index is 210. The fourth-order valence-corrected chi connectivity index (χ4v) is 4.36. The average Bonchev–Trinajstić information content (AvgIpc) is 2.06. The molecule has 90 valence electrons. The van der Waals surface area contributed by atoms with Crippen LogP contribution < -0.4 is 0 Å². The van der Waals surface area contributed by atoms with Gasteiger partial charge < -0.3 is 4.43 Å². The summed E-state index contributed by atoms with van der Waals surface area (Å²) in [6.07, 6.45) is 5.91. The molecule has 3 heteroatoms. The van der Waals surface area contributed by atoms with E-state index in [4.69, 9.17) is 4.43 Å². The molecule has 0 N–H and O–H groups in total. The molecule has 0 amide bonds. The molecule has 1 aliphatic carbocycles. The van der Waals surface area contributed by atoms with Crippen LogP contribution in [0, 0.1) is 0 Å². The fourth-order valence-electron chi connectivity index (χ4n) is 1.74. The van der Waals surface area contributed by atoms with Crippen molar-refractivity contribution in [3.8, 4) is 0 Å². The van der Waals surface area contributed by atoms with Crippen LogP contribution in [-0.2, 0) is 4.43 Å². The molecule has 0 aromatic rings. The van der Waals surface area contributed by atoms with Crippen molar-refractivity contribution in [1.82, 2.24) is 0 Å². The Balaban J connectivity index is 2.59. The molecule has 15 heavy (non-hydrogen) atoms. The zero-order valence-electron chi connectivity index (χ0n) is 10.8. The van der Waals surface area contributed by atoms with E-state index in [1.807, 2.05) is 0 Å². The number of hydrogen-bond donors (Lipinski definition) is 0. The fraction of sp³-hybridized carbons (Fsp3) is 1.00. The molecule has 0 heterocycles. The molecule has 0 aliphatic heterocycles. The number of hydrogen-bond acceptors (Lipinski definition) is 1. The van der Waals surface area contributed by atoms with Crippen LogP contribution in [0.5, 0.6) is 0 Å². The minimum atomic E-state index is -1.54. The highest BCUT2D eigenvalue weighted by molar-refractivity contribution is 14.1. The monoisotopic (exact) mass is 340 g/mol. The third-order valence-corrected chi connectivity index (χ3v) is 9.80. The Hall–Kier alpha value is 0.907. The zero-order valence-corrected chi connectivity index (χ0v) is 13.9. The van der Waals surface area contributed by atoms with E-state index in [9.17, 15) is 0 Å². The van der Waals surface area contributed by atoms with Gasteiger partial charge in [0.1, 0.15) is 0 Å². The van der Waals surface area contributed by atoms with Gasteiger partial charge in [-0.1, -0.05) is 56.2 Å². The summed E-state index contributed by atoms with van der Waals surface area (Å²) >= 11 is 2.58. The minimum Gasteiger partial charge on any atom is -0.413 e. The van der Waals surface area contributed by atoms with Gasteiger partial charge in [0, 0.05) is 3.92 Å². The van der Waals surface area contributed by atoms with Crippen molar-refractivity contribution < 1.29 is 4.43 Å². The Kier molecular flexibility index (Phi) is 4.70. The van der Waals surface area contributed by atoms with Crippen molar-refractivity contribution in [1.29, 1.82) is 0 Å². The van der Waals surface area contributed by atoms with Gasteiger partial charge in [0.05, 0.1) is 6.10 Å². The Morgan fingerprint density at radius 2 is 1.67 bits per heavy atom. The molecule has 0 aromatic carbocycles. The van der Waals surface area contributed by atoms with Gasteiger partial charge in [-0.25, -0.2) is 0 Å². The highest BCUT2D eigenvalue weighted by atomic mass is 127. The quantitative estimate of drug-likeness (QED) is 0.400. The van der Waals surface area contributed by atoms with Crippen molar-refractivity contribution in [2.24, 2.45) is 0 Å². The van der Waals surface area contributed by atoms with Gasteiger partial charge in [0.15, 0.2) is 8.32 Å². The normalized spacial score (nSPS) is 29.2. The van der Waals surface area contributed by atoms with Gasteiger partial charge >= 0.3 is 0 Å². The predicted molar refractivity (Wildman–Crippen MR) is 78.3 cm³/mol. The van der Waals surface area contributed by atoms with E-state index >= 15 is 0 Å². The van der Waals surface area contributed by atoms with Crippen molar-refractivity contribution >= 4 is 30.9 Å². The predicted octanol–water partition coefficient (Wildman–Crippen LogP) is 4.75. The smallest absolute Gasteiger partial charge is 0.192 e. The third kappa shape index (κ3) is 3.70. The minimum absolute atomic E-state index is 0.348. The van der Waals surface area contributed by atoms with Crippen LogP contribution in [0.3, 0.4) is 0 Å². The maximum absolute atomic E-state index is 6.49. The first kappa shape index (κ1) is 14.0. The van der Waals surface area contributed by atoms with Crippen LogP contribution in [0.1, 0.15) is 46.5 Å². The Labute approximate surface area is 110 Å². The SMILES string of the molecule is CC(C)(C)[Si](C)(C)O[C@H]1CCCC[C@H]1I. The second-order valence-electron chi connectivity index (χ2n) is 6.22. The molecule has 0 aromatic heterocycles. The molecular weight excluding hydrogens is 315 g/mol. The van der Waals surface area contributed by atoms with Crippen LogP contribution in [-0.4, -0.2) is 18.3 Å². The van der Waals surface area contributed by atoms with Gasteiger partial charge in [-0.2, -0.15) is 0 Å². The number of rotatable bonds is 2. The van der Waals surface area contributed by atoms with Gasteiger partial charge in [-0.15, -0.1) is 0 Å². The summed E-state index contributed by atoms with van der Waals surface area (Å²) in [7, 11) is -1.54. The van der Waals surface area contributed by atoms with Crippen molar-refractivity contribution in [3.05, 3.63) is 0 Å². The molecule has 1 aliphatic rings. The van der Waals surface area contributed by atoms with Crippen LogP contribution in [0.2, 0.25) is 18.1 Å². The summed E-state index contributed by atoms with van der Waals surface area (Å²) in [5.74, 6) is 0. The lowest BCUT2D eigenvalue weighted by molar-refractivity contribution is 0.149. The van der Waals surface area contributed by atoms with E-state index in [0.717, 1.165) is 3.92 Å². The molecule has 0 bridgehead atoms. The molecule has 1 saturated carbocycles. The van der Waals surface area contributed by atoms with E-state index in [1.165, 1.54) is 25.7 Å². The van der Waals surface area contributed by atoms with Gasteiger partial charge in [-0.05, 0) is 31.0 Å². The summed E-state index contributed by atoms with van der Waals surface area (Å²) in [6, 6.07) is 0. The van der Waals surface area contributed by atoms with E-state index in [0.29, 0.717) is 11.1 Å². The molecular formula is C12H25IOSi. The van der Waals surface area contributed by atoms with Crippen molar-refractivity contribution in [3.63, 3.8) is 0 Å². The van der Waals surface area contributed by atoms with Crippen LogP contribution in [0.25, 0.3) is 0 Å². The summed E-state index contributed by atoms with van der Waals surface area (Å²) in [6.45, 7) is 11.7. The van der Waals surface area contributed by atoms with Crippen molar-refractivity contribution in [2.45, 2.75) is 74.6 Å². The van der Waals surface area contributed by atoms with E-state index in [2.05, 4.69) is 56.5 Å². The lowest BCUT2D eigenvalue weighted by atomic mass is 9.98. The van der Waals surface area contributed by atoms with Crippen LogP contribution >= 0.6 is 22.6 Å². The highest BCUT2D eigenvalue weighted by Crippen LogP contribution is 2.40. The average molecular weight is 340 g/mol. The third-order valence-electron chi connectivity index (χ3n) is 3.87. The first-order valence-corrected chi connectivity index (χ1v) is 10.2. The molecule has 2 atom stereocenters. The molecule has 1 fully saturated rings. The molecule has 0 saturated heterocycles. The molecule has 0 spiro atoms. The number of alkyl halides is 1. The second kappa shape index (κ2) is 5.04. The van der Waals surface area contributed by atoms with Crippen molar-refractivity contribution in [2.75, 3.05) is 0 Å². The molecule has 1 nitrogen and oxygen atoms in total. The Morgan fingerprint density at radius 1 is 1.13 bits per heavy atom. The molecule has 0 unspecified atom stereocenters. The number of halogens is 1. The lowest BCUT2D eigenvalue weighted by Crippen LogP contribution is -2.46. The summed E-state index contributed by atoms with van der Waals surface area (Å²) < 4.78 is 7.23. The molecule has 1 rings (SSSR count). The van der Waals surface area contributed by atoms with Gasteiger partial charge in [0.2, 0.25) is 0 Å². The first-order valence-electron chi connectivity index (χ1n) is 6.06. The Morgan fingerprint density at radius 3 is 2.13 bits per heavy atom. The summed E-state index contributed by atoms with van der Waals surface area (Å²) in [4.78, 5) is 0. The van der Waals surface area contributed by atoms with Gasteiger partial charge in [-0.3, -0.25) is 0 Å². The summed E-state index contributed by atoms with van der Waals surface area (Å²) in [5.41, 5.74) is 0.